The predicted molar refractivity (Wildman–Crippen MR) is 199 cm³/mol. The van der Waals surface area contributed by atoms with Crippen LogP contribution in [0.3, 0.4) is 0 Å². The molecular formula is C39H38ClF4N7O3. The highest BCUT2D eigenvalue weighted by Gasteiger charge is 2.35. The molecule has 10 nitrogen and oxygen atoms in total. The van der Waals surface area contributed by atoms with Gasteiger partial charge in [0.05, 0.1) is 35.8 Å². The SMILES string of the molecule is Cc1[nH]nc2c(C(F)(F)F)cc(-c3ccc4nc(CN5CC=C(/C(=C/C=C\C=O)NCc6ccc(Cl)cc6F)CC5)n(CC5CCO5)c4c3)cc12.NC=O. The lowest BCUT2D eigenvalue weighted by atomic mass is 9.99. The van der Waals surface area contributed by atoms with Crippen molar-refractivity contribution in [3.8, 4) is 11.1 Å². The number of aryl methyl sites for hydroxylation is 1. The first-order chi connectivity index (χ1) is 26.0. The molecule has 2 aromatic heterocycles. The van der Waals surface area contributed by atoms with Gasteiger partial charge in [-0.15, -0.1) is 0 Å². The van der Waals surface area contributed by atoms with Gasteiger partial charge < -0.3 is 20.4 Å². The van der Waals surface area contributed by atoms with E-state index in [1.807, 2.05) is 24.3 Å². The van der Waals surface area contributed by atoms with Gasteiger partial charge in [-0.05, 0) is 85.0 Å². The summed E-state index contributed by atoms with van der Waals surface area (Å²) in [4.78, 5) is 26.8. The molecule has 1 fully saturated rings. The standard InChI is InChI=1S/C38H35ClF4N6O2.CH3NO/c1-23-30-16-27(17-31(38(41,42)43)37(30)47-46-23)25-6-8-34-35(18-25)49(21-29-11-15-51-29)36(45-34)22-48-12-9-24(10-13-48)33(4-2-3-14-50)44-20-26-5-7-28(39)19-32(26)40;2-1-3/h2-9,14,16-19,29,44H,10-13,15,20-22H2,1H3,(H,46,47);1H,(H2,2,3)/b3-2-,33-4-;. The molecule has 15 heteroatoms. The average molecular weight is 764 g/mol. The quantitative estimate of drug-likeness (QED) is 0.0564. The number of aromatic amines is 1. The maximum atomic E-state index is 14.5. The molecule has 1 unspecified atom stereocenters. The molecule has 4 N–H and O–H groups in total. The molecule has 1 saturated heterocycles. The summed E-state index contributed by atoms with van der Waals surface area (Å²) in [6.07, 6.45) is 5.00. The Hall–Kier alpha value is -5.31. The van der Waals surface area contributed by atoms with Gasteiger partial charge in [-0.2, -0.15) is 18.3 Å². The highest BCUT2D eigenvalue weighted by Crippen LogP contribution is 2.39. The van der Waals surface area contributed by atoms with Gasteiger partial charge >= 0.3 is 6.18 Å². The first kappa shape index (κ1) is 38.4. The number of benzene rings is 3. The number of amides is 1. The average Bonchev–Trinajstić information content (AvgIpc) is 3.67. The molecule has 1 atom stereocenters. The number of imidazole rings is 1. The number of aromatic nitrogens is 4. The number of nitrogens with zero attached hydrogens (tertiary/aromatic N) is 4. The number of nitrogens with two attached hydrogens (primary N) is 1. The van der Waals surface area contributed by atoms with Crippen LogP contribution >= 0.6 is 11.6 Å². The molecular weight excluding hydrogens is 726 g/mol. The largest absolute Gasteiger partial charge is 0.418 e. The van der Waals surface area contributed by atoms with Gasteiger partial charge in [-0.25, -0.2) is 9.37 Å². The minimum atomic E-state index is -4.56. The fraction of sp³-hybridized carbons (Fsp3) is 0.282. The molecule has 2 aliphatic heterocycles. The predicted octanol–water partition coefficient (Wildman–Crippen LogP) is 7.15. The zero-order valence-corrected chi connectivity index (χ0v) is 30.1. The van der Waals surface area contributed by atoms with Gasteiger partial charge in [0.25, 0.3) is 0 Å². The van der Waals surface area contributed by atoms with E-state index in [2.05, 4.69) is 36.8 Å². The fourth-order valence-electron chi connectivity index (χ4n) is 6.56. The minimum Gasteiger partial charge on any atom is -0.381 e. The van der Waals surface area contributed by atoms with E-state index in [1.54, 1.807) is 31.2 Å². The number of halogens is 5. The van der Waals surface area contributed by atoms with Crippen molar-refractivity contribution < 1.29 is 31.9 Å². The zero-order chi connectivity index (χ0) is 38.4. The van der Waals surface area contributed by atoms with Gasteiger partial charge in [0.2, 0.25) is 6.41 Å². The number of primary amides is 1. The van der Waals surface area contributed by atoms with E-state index in [1.165, 1.54) is 12.1 Å². The Morgan fingerprint density at radius 1 is 1.13 bits per heavy atom. The number of rotatable bonds is 11. The number of ether oxygens (including phenoxy) is 1. The third kappa shape index (κ3) is 8.73. The number of allylic oxidation sites excluding steroid dienone is 4. The third-order valence-corrected chi connectivity index (χ3v) is 9.67. The maximum absolute atomic E-state index is 14.5. The van der Waals surface area contributed by atoms with E-state index >= 15 is 0 Å². The summed E-state index contributed by atoms with van der Waals surface area (Å²) >= 11 is 5.92. The van der Waals surface area contributed by atoms with Crippen LogP contribution in [-0.2, 0) is 40.1 Å². The lowest BCUT2D eigenvalue weighted by Gasteiger charge is -2.30. The Balaban J connectivity index is 0.00000160. The number of alkyl halides is 3. The van der Waals surface area contributed by atoms with E-state index < -0.39 is 17.6 Å². The molecule has 0 aliphatic carbocycles. The summed E-state index contributed by atoms with van der Waals surface area (Å²) in [6, 6.07) is 13.1. The number of fused-ring (bicyclic) bond motifs is 2. The smallest absolute Gasteiger partial charge is 0.381 e. The molecule has 3 aromatic carbocycles. The van der Waals surface area contributed by atoms with Crippen molar-refractivity contribution in [2.75, 3.05) is 19.7 Å². The molecule has 0 bridgehead atoms. The second-order valence-electron chi connectivity index (χ2n) is 12.9. The Morgan fingerprint density at radius 3 is 2.59 bits per heavy atom. The van der Waals surface area contributed by atoms with Crippen molar-refractivity contribution in [3.63, 3.8) is 0 Å². The Labute approximate surface area is 313 Å². The molecule has 1 amide bonds. The number of nitrogens with one attached hydrogen (secondary N) is 2. The van der Waals surface area contributed by atoms with E-state index in [4.69, 9.17) is 26.1 Å². The highest BCUT2D eigenvalue weighted by molar-refractivity contribution is 6.30. The lowest BCUT2D eigenvalue weighted by Crippen LogP contribution is -2.34. The van der Waals surface area contributed by atoms with Crippen molar-refractivity contribution in [2.45, 2.75) is 51.7 Å². The summed E-state index contributed by atoms with van der Waals surface area (Å²) < 4.78 is 64.7. The summed E-state index contributed by atoms with van der Waals surface area (Å²) in [7, 11) is 0. The number of carbonyl (C=O) groups excluding carboxylic acids is 2. The highest BCUT2D eigenvalue weighted by atomic mass is 35.5. The van der Waals surface area contributed by atoms with Crippen LogP contribution in [0.4, 0.5) is 17.6 Å². The molecule has 4 heterocycles. The molecule has 54 heavy (non-hydrogen) atoms. The van der Waals surface area contributed by atoms with Crippen LogP contribution < -0.4 is 11.1 Å². The van der Waals surface area contributed by atoms with Gasteiger partial charge in [0, 0.05) is 53.6 Å². The number of hydrogen-bond donors (Lipinski definition) is 3. The van der Waals surface area contributed by atoms with Gasteiger partial charge in [-0.3, -0.25) is 19.6 Å². The van der Waals surface area contributed by atoms with Crippen molar-refractivity contribution >= 4 is 46.2 Å². The Morgan fingerprint density at radius 2 is 1.93 bits per heavy atom. The number of H-pyrrole nitrogens is 1. The molecule has 2 aliphatic rings. The second kappa shape index (κ2) is 16.8. The Bertz CT molecular complexity index is 2260. The third-order valence-electron chi connectivity index (χ3n) is 9.44. The van der Waals surface area contributed by atoms with Crippen LogP contribution in [-0.4, -0.2) is 63.1 Å². The van der Waals surface area contributed by atoms with E-state index in [0.29, 0.717) is 71.7 Å². The molecule has 0 spiro atoms. The van der Waals surface area contributed by atoms with Crippen molar-refractivity contribution in [3.05, 3.63) is 118 Å². The van der Waals surface area contributed by atoms with E-state index in [9.17, 15) is 22.4 Å². The molecule has 7 rings (SSSR count). The van der Waals surface area contributed by atoms with Crippen LogP contribution in [0.1, 0.15) is 35.5 Å². The van der Waals surface area contributed by atoms with Crippen molar-refractivity contribution in [1.29, 1.82) is 0 Å². The number of carbonyl (C=O) groups is 2. The summed E-state index contributed by atoms with van der Waals surface area (Å²) in [5.74, 6) is 0.441. The lowest BCUT2D eigenvalue weighted by molar-refractivity contribution is -0.136. The topological polar surface area (TPSA) is 131 Å². The monoisotopic (exact) mass is 763 g/mol. The first-order valence-electron chi connectivity index (χ1n) is 17.2. The normalized spacial score (nSPS) is 16.6. The van der Waals surface area contributed by atoms with Crippen molar-refractivity contribution in [1.82, 2.24) is 30.0 Å². The number of hydrogen-bond acceptors (Lipinski definition) is 7. The summed E-state index contributed by atoms with van der Waals surface area (Å²) in [5.41, 5.74) is 8.85. The van der Waals surface area contributed by atoms with Crippen LogP contribution in [0, 0.1) is 12.7 Å². The molecule has 282 valence electrons. The fourth-order valence-corrected chi connectivity index (χ4v) is 6.72. The summed E-state index contributed by atoms with van der Waals surface area (Å²) in [6.45, 7) is 5.12. The van der Waals surface area contributed by atoms with Crippen LogP contribution in [0.5, 0.6) is 0 Å². The zero-order valence-electron chi connectivity index (χ0n) is 29.3. The molecule has 0 saturated carbocycles. The Kier molecular flexibility index (Phi) is 11.9. The van der Waals surface area contributed by atoms with Crippen molar-refractivity contribution in [2.24, 2.45) is 5.73 Å². The van der Waals surface area contributed by atoms with Crippen LogP contribution in [0.15, 0.2) is 84.1 Å². The molecule has 0 radical (unpaired) electrons. The van der Waals surface area contributed by atoms with Crippen LogP contribution in [0.25, 0.3) is 33.1 Å². The van der Waals surface area contributed by atoms with Gasteiger partial charge in [0.1, 0.15) is 23.4 Å². The van der Waals surface area contributed by atoms with E-state index in [0.717, 1.165) is 47.2 Å². The summed E-state index contributed by atoms with van der Waals surface area (Å²) in [5, 5.41) is 10.7. The minimum absolute atomic E-state index is 0.0306. The molecule has 5 aromatic rings. The van der Waals surface area contributed by atoms with Gasteiger partial charge in [0.15, 0.2) is 0 Å². The maximum Gasteiger partial charge on any atom is 0.418 e. The van der Waals surface area contributed by atoms with Crippen LogP contribution in [0.2, 0.25) is 5.02 Å². The number of aldehydes is 1. The van der Waals surface area contributed by atoms with Gasteiger partial charge in [-0.1, -0.05) is 35.9 Å². The first-order valence-corrected chi connectivity index (χ1v) is 17.6. The van der Waals surface area contributed by atoms with E-state index in [-0.39, 0.29) is 24.6 Å². The second-order valence-corrected chi connectivity index (χ2v) is 13.4.